The van der Waals surface area contributed by atoms with Crippen molar-refractivity contribution in [1.29, 1.82) is 5.41 Å². The lowest BCUT2D eigenvalue weighted by Crippen LogP contribution is -2.09. The average molecular weight is 132 g/mol. The lowest BCUT2D eigenvalue weighted by molar-refractivity contribution is 1.22. The number of nitrogens with one attached hydrogen (secondary N) is 1. The minimum Gasteiger partial charge on any atom is -0.388 e. The fourth-order valence-corrected chi connectivity index (χ4v) is 0.979. The Bertz CT molecular complexity index is 72.8. The van der Waals surface area contributed by atoms with Gasteiger partial charge in [-0.3, -0.25) is 5.41 Å². The number of hydrogen-bond acceptors (Lipinski definition) is 2. The van der Waals surface area contributed by atoms with Crippen molar-refractivity contribution in [1.82, 2.24) is 0 Å². The van der Waals surface area contributed by atoms with Gasteiger partial charge in [0, 0.05) is 12.2 Å². The summed E-state index contributed by atoms with van der Waals surface area (Å²) in [6.45, 7) is 2.10. The van der Waals surface area contributed by atoms with Crippen LogP contribution in [0.2, 0.25) is 0 Å². The second-order valence-electron chi connectivity index (χ2n) is 1.47. The smallest absolute Gasteiger partial charge is 0.0913 e. The predicted octanol–water partition coefficient (Wildman–Crippen LogP) is 1.07. The molecule has 0 spiro atoms. The summed E-state index contributed by atoms with van der Waals surface area (Å²) in [7, 11) is 0. The van der Waals surface area contributed by atoms with Crippen molar-refractivity contribution in [2.75, 3.05) is 11.5 Å². The Labute approximate surface area is 54.3 Å². The lowest BCUT2D eigenvalue weighted by Gasteiger charge is -1.93. The van der Waals surface area contributed by atoms with E-state index in [0.29, 0.717) is 5.84 Å². The Morgan fingerprint density at radius 1 is 1.75 bits per heavy atom. The molecule has 48 valence electrons. The highest BCUT2D eigenvalue weighted by Crippen LogP contribution is 1.99. The van der Waals surface area contributed by atoms with Crippen molar-refractivity contribution in [3.05, 3.63) is 0 Å². The summed E-state index contributed by atoms with van der Waals surface area (Å²) in [6.07, 6.45) is 0.735. The van der Waals surface area contributed by atoms with E-state index in [1.54, 1.807) is 0 Å². The number of hydrogen-bond donors (Lipinski definition) is 2. The Kier molecular flexibility index (Phi) is 4.85. The van der Waals surface area contributed by atoms with Crippen molar-refractivity contribution >= 4 is 17.6 Å². The summed E-state index contributed by atoms with van der Waals surface area (Å²) in [5.41, 5.74) is 5.10. The molecule has 0 amide bonds. The molecule has 0 unspecified atom stereocenters. The van der Waals surface area contributed by atoms with Crippen LogP contribution in [0.15, 0.2) is 0 Å². The summed E-state index contributed by atoms with van der Waals surface area (Å²) >= 11 is 1.82. The molecule has 0 aliphatic rings. The third-order valence-corrected chi connectivity index (χ3v) is 1.62. The molecule has 0 saturated carbocycles. The van der Waals surface area contributed by atoms with Crippen LogP contribution in [0.1, 0.15) is 13.3 Å². The summed E-state index contributed by atoms with van der Waals surface area (Å²) in [5, 5.41) is 6.84. The van der Waals surface area contributed by atoms with Crippen LogP contribution in [0.25, 0.3) is 0 Å². The Hall–Kier alpha value is -0.180. The molecule has 3 heteroatoms. The number of amidine groups is 1. The van der Waals surface area contributed by atoms with Gasteiger partial charge in [0.2, 0.25) is 0 Å². The number of thioether (sulfide) groups is 1. The Morgan fingerprint density at radius 3 is 2.75 bits per heavy atom. The van der Waals surface area contributed by atoms with Crippen molar-refractivity contribution in [2.45, 2.75) is 13.3 Å². The fourth-order valence-electron chi connectivity index (χ4n) is 0.326. The predicted molar refractivity (Wildman–Crippen MR) is 39.5 cm³/mol. The van der Waals surface area contributed by atoms with Gasteiger partial charge in [-0.25, -0.2) is 0 Å². The molecule has 0 aromatic heterocycles. The van der Waals surface area contributed by atoms with Gasteiger partial charge in [0.25, 0.3) is 0 Å². The number of nitrogens with two attached hydrogens (primary N) is 1. The zero-order valence-electron chi connectivity index (χ0n) is 5.11. The van der Waals surface area contributed by atoms with Gasteiger partial charge in [0.1, 0.15) is 0 Å². The van der Waals surface area contributed by atoms with E-state index in [0.717, 1.165) is 17.9 Å². The quantitative estimate of drug-likeness (QED) is 0.341. The van der Waals surface area contributed by atoms with Crippen molar-refractivity contribution in [3.63, 3.8) is 0 Å². The third kappa shape index (κ3) is 5.82. The maximum Gasteiger partial charge on any atom is 0.0913 e. The van der Waals surface area contributed by atoms with Crippen LogP contribution >= 0.6 is 11.8 Å². The van der Waals surface area contributed by atoms with Crippen molar-refractivity contribution in [2.24, 2.45) is 5.73 Å². The summed E-state index contributed by atoms with van der Waals surface area (Å²) < 4.78 is 0. The topological polar surface area (TPSA) is 49.9 Å². The Balaban J connectivity index is 2.82. The van der Waals surface area contributed by atoms with Gasteiger partial charge in [-0.1, -0.05) is 6.92 Å². The van der Waals surface area contributed by atoms with Gasteiger partial charge >= 0.3 is 0 Å². The second-order valence-corrected chi connectivity index (χ2v) is 2.87. The van der Waals surface area contributed by atoms with Crippen LogP contribution in [-0.4, -0.2) is 17.3 Å². The first-order chi connectivity index (χ1) is 3.77. The highest BCUT2D eigenvalue weighted by atomic mass is 32.2. The van der Waals surface area contributed by atoms with Crippen LogP contribution < -0.4 is 5.73 Å². The summed E-state index contributed by atoms with van der Waals surface area (Å²) in [6, 6.07) is 0. The molecule has 0 bridgehead atoms. The molecular formula is C5H12N2S. The average Bonchev–Trinajstić information content (AvgIpc) is 1.66. The largest absolute Gasteiger partial charge is 0.388 e. The van der Waals surface area contributed by atoms with E-state index in [1.807, 2.05) is 11.8 Å². The molecule has 0 aliphatic heterocycles. The molecule has 0 saturated heterocycles. The standard InChI is InChI=1S/C5H12N2S/c1-2-8-4-3-5(6)7/h2-4H2,1H3,(H3,6,7). The summed E-state index contributed by atoms with van der Waals surface area (Å²) in [5.74, 6) is 2.41. The van der Waals surface area contributed by atoms with Gasteiger partial charge in [-0.2, -0.15) is 11.8 Å². The molecule has 0 rings (SSSR count). The third-order valence-electron chi connectivity index (χ3n) is 0.720. The molecule has 2 nitrogen and oxygen atoms in total. The van der Waals surface area contributed by atoms with E-state index in [-0.39, 0.29) is 0 Å². The monoisotopic (exact) mass is 132 g/mol. The molecule has 0 aromatic rings. The van der Waals surface area contributed by atoms with E-state index in [2.05, 4.69) is 6.92 Å². The molecule has 0 atom stereocenters. The fraction of sp³-hybridized carbons (Fsp3) is 0.800. The first-order valence-electron chi connectivity index (χ1n) is 2.68. The molecule has 0 radical (unpaired) electrons. The highest BCUT2D eigenvalue weighted by molar-refractivity contribution is 7.99. The van der Waals surface area contributed by atoms with Gasteiger partial charge in [0.05, 0.1) is 5.84 Å². The zero-order valence-corrected chi connectivity index (χ0v) is 5.92. The van der Waals surface area contributed by atoms with Crippen LogP contribution in [-0.2, 0) is 0 Å². The maximum absolute atomic E-state index is 6.84. The molecule has 3 N–H and O–H groups in total. The van der Waals surface area contributed by atoms with Gasteiger partial charge in [-0.05, 0) is 5.75 Å². The lowest BCUT2D eigenvalue weighted by atomic mass is 10.5. The molecular weight excluding hydrogens is 120 g/mol. The molecule has 8 heavy (non-hydrogen) atoms. The van der Waals surface area contributed by atoms with E-state index in [4.69, 9.17) is 11.1 Å². The van der Waals surface area contributed by atoms with Gasteiger partial charge in [0.15, 0.2) is 0 Å². The highest BCUT2D eigenvalue weighted by Gasteiger charge is 1.86. The maximum atomic E-state index is 6.84. The van der Waals surface area contributed by atoms with E-state index < -0.39 is 0 Å². The summed E-state index contributed by atoms with van der Waals surface area (Å²) in [4.78, 5) is 0. The van der Waals surface area contributed by atoms with Crippen LogP contribution in [0.4, 0.5) is 0 Å². The van der Waals surface area contributed by atoms with Gasteiger partial charge in [-0.15, -0.1) is 0 Å². The Morgan fingerprint density at radius 2 is 2.38 bits per heavy atom. The van der Waals surface area contributed by atoms with E-state index in [9.17, 15) is 0 Å². The second kappa shape index (κ2) is 4.97. The van der Waals surface area contributed by atoms with Crippen LogP contribution in [0.5, 0.6) is 0 Å². The van der Waals surface area contributed by atoms with E-state index >= 15 is 0 Å². The minimum atomic E-state index is 0.297. The molecule has 0 aromatic carbocycles. The number of rotatable bonds is 4. The first kappa shape index (κ1) is 7.82. The van der Waals surface area contributed by atoms with Crippen molar-refractivity contribution < 1.29 is 0 Å². The first-order valence-corrected chi connectivity index (χ1v) is 3.83. The van der Waals surface area contributed by atoms with Crippen LogP contribution in [0, 0.1) is 5.41 Å². The van der Waals surface area contributed by atoms with Gasteiger partial charge < -0.3 is 5.73 Å². The normalized spacial score (nSPS) is 9.12. The minimum absolute atomic E-state index is 0.297. The van der Waals surface area contributed by atoms with Crippen LogP contribution in [0.3, 0.4) is 0 Å². The molecule has 0 heterocycles. The zero-order chi connectivity index (χ0) is 6.41. The van der Waals surface area contributed by atoms with Crippen molar-refractivity contribution in [3.8, 4) is 0 Å². The molecule has 0 aliphatic carbocycles. The molecule has 0 fully saturated rings. The van der Waals surface area contributed by atoms with E-state index in [1.165, 1.54) is 0 Å². The SMILES string of the molecule is CCSCCC(=N)N.